The lowest BCUT2D eigenvalue weighted by Gasteiger charge is -2.34. The summed E-state index contributed by atoms with van der Waals surface area (Å²) >= 11 is 9.11. The van der Waals surface area contributed by atoms with E-state index in [1.54, 1.807) is 29.4 Å². The second-order valence-corrected chi connectivity index (χ2v) is 7.61. The molecule has 2 heterocycles. The third-order valence-corrected chi connectivity index (χ3v) is 5.67. The van der Waals surface area contributed by atoms with Crippen molar-refractivity contribution in [1.82, 2.24) is 20.0 Å². The van der Waals surface area contributed by atoms with Gasteiger partial charge >= 0.3 is 0 Å². The summed E-state index contributed by atoms with van der Waals surface area (Å²) in [5, 5.41) is 7.87. The Hall–Kier alpha value is -2.91. The lowest BCUT2D eigenvalue weighted by molar-refractivity contribution is -0.129. The number of thiol groups is 1. The molecule has 0 saturated carbocycles. The van der Waals surface area contributed by atoms with Gasteiger partial charge in [-0.05, 0) is 30.0 Å². The molecular formula is C25H30ClFN4O3S. The van der Waals surface area contributed by atoms with Gasteiger partial charge in [0.15, 0.2) is 0 Å². The van der Waals surface area contributed by atoms with Crippen molar-refractivity contribution in [2.75, 3.05) is 38.3 Å². The average molecular weight is 521 g/mol. The van der Waals surface area contributed by atoms with E-state index in [1.165, 1.54) is 17.0 Å². The van der Waals surface area contributed by atoms with Crippen LogP contribution in [0, 0.1) is 5.82 Å². The van der Waals surface area contributed by atoms with Crippen molar-refractivity contribution < 1.29 is 14.0 Å². The number of benzene rings is 2. The van der Waals surface area contributed by atoms with Crippen molar-refractivity contribution in [3.05, 3.63) is 75.5 Å². The Morgan fingerprint density at radius 3 is 2.26 bits per heavy atom. The molecule has 1 aliphatic heterocycles. The van der Waals surface area contributed by atoms with E-state index < -0.39 is 11.7 Å². The first kappa shape index (κ1) is 28.3. The number of amides is 2. The molecule has 4 rings (SSSR count). The topological polar surface area (TPSA) is 86.4 Å². The Bertz CT molecular complexity index is 1210. The third-order valence-electron chi connectivity index (χ3n) is 5.44. The van der Waals surface area contributed by atoms with Crippen LogP contribution in [-0.2, 0) is 11.2 Å². The van der Waals surface area contributed by atoms with Crippen LogP contribution in [-0.4, -0.2) is 70.1 Å². The van der Waals surface area contributed by atoms with Crippen LogP contribution in [0.4, 0.5) is 4.39 Å². The third kappa shape index (κ3) is 6.82. The zero-order valence-electron chi connectivity index (χ0n) is 20.1. The first-order chi connectivity index (χ1) is 17.0. The molecule has 0 spiro atoms. The molecule has 0 radical (unpaired) electrons. The average Bonchev–Trinajstić information content (AvgIpc) is 2.93. The fourth-order valence-electron chi connectivity index (χ4n) is 3.76. The molecule has 0 bridgehead atoms. The van der Waals surface area contributed by atoms with Gasteiger partial charge in [-0.3, -0.25) is 14.4 Å². The van der Waals surface area contributed by atoms with Gasteiger partial charge in [0.1, 0.15) is 11.7 Å². The van der Waals surface area contributed by atoms with Gasteiger partial charge in [0.2, 0.25) is 5.91 Å². The molecular weight excluding hydrogens is 491 g/mol. The van der Waals surface area contributed by atoms with Crippen molar-refractivity contribution in [3.63, 3.8) is 0 Å². The number of piperazine rings is 1. The summed E-state index contributed by atoms with van der Waals surface area (Å²) in [6, 6.07) is 11.5. The summed E-state index contributed by atoms with van der Waals surface area (Å²) in [7, 11) is 0. The smallest absolute Gasteiger partial charge is 0.272 e. The van der Waals surface area contributed by atoms with Gasteiger partial charge in [-0.2, -0.15) is 17.7 Å². The molecule has 188 valence electrons. The van der Waals surface area contributed by atoms with Gasteiger partial charge in [-0.15, -0.1) is 11.6 Å². The number of rotatable bonds is 4. The first-order valence-corrected chi connectivity index (χ1v) is 12.7. The van der Waals surface area contributed by atoms with Crippen molar-refractivity contribution in [3.8, 4) is 0 Å². The van der Waals surface area contributed by atoms with E-state index in [4.69, 9.17) is 11.6 Å². The highest BCUT2D eigenvalue weighted by molar-refractivity contribution is 7.79. The van der Waals surface area contributed by atoms with Gasteiger partial charge in [-0.1, -0.05) is 38.1 Å². The van der Waals surface area contributed by atoms with Crippen LogP contribution in [0.5, 0.6) is 0 Å². The number of fused-ring (bicyclic) bond motifs is 1. The zero-order chi connectivity index (χ0) is 26.0. The van der Waals surface area contributed by atoms with E-state index in [0.29, 0.717) is 54.6 Å². The van der Waals surface area contributed by atoms with Crippen LogP contribution in [0.1, 0.15) is 35.5 Å². The minimum atomic E-state index is -0.604. The largest absolute Gasteiger partial charge is 0.338 e. The summed E-state index contributed by atoms with van der Waals surface area (Å²) in [4.78, 5) is 39.7. The first-order valence-electron chi connectivity index (χ1n) is 11.3. The van der Waals surface area contributed by atoms with Crippen LogP contribution in [0.3, 0.4) is 0 Å². The van der Waals surface area contributed by atoms with E-state index in [9.17, 15) is 18.8 Å². The predicted molar refractivity (Wildman–Crippen MR) is 141 cm³/mol. The molecule has 3 aromatic rings. The van der Waals surface area contributed by atoms with Gasteiger partial charge in [0, 0.05) is 38.0 Å². The fraction of sp³-hybridized carbons (Fsp3) is 0.360. The maximum absolute atomic E-state index is 14.5. The Labute approximate surface area is 214 Å². The van der Waals surface area contributed by atoms with E-state index in [2.05, 4.69) is 22.8 Å². The van der Waals surface area contributed by atoms with E-state index >= 15 is 0 Å². The number of H-pyrrole nitrogens is 1. The minimum Gasteiger partial charge on any atom is -0.338 e. The van der Waals surface area contributed by atoms with Gasteiger partial charge in [0.25, 0.3) is 11.5 Å². The van der Waals surface area contributed by atoms with Gasteiger partial charge < -0.3 is 9.80 Å². The molecule has 1 aromatic heterocycles. The second-order valence-electron chi connectivity index (χ2n) is 7.34. The Balaban J connectivity index is 0.00000103. The number of carbonyl (C=O) groups is 2. The van der Waals surface area contributed by atoms with Crippen LogP contribution < -0.4 is 5.56 Å². The Morgan fingerprint density at radius 2 is 1.63 bits per heavy atom. The van der Waals surface area contributed by atoms with Crippen LogP contribution >= 0.6 is 24.2 Å². The molecule has 1 fully saturated rings. The lowest BCUT2D eigenvalue weighted by atomic mass is 10.0. The highest BCUT2D eigenvalue weighted by Gasteiger charge is 2.26. The number of alkyl halides is 1. The molecule has 0 atom stereocenters. The summed E-state index contributed by atoms with van der Waals surface area (Å²) < 4.78 is 14.5. The zero-order valence-corrected chi connectivity index (χ0v) is 21.7. The van der Waals surface area contributed by atoms with Crippen LogP contribution in [0.25, 0.3) is 10.8 Å². The number of hydrogen-bond donors (Lipinski definition) is 2. The van der Waals surface area contributed by atoms with Gasteiger partial charge in [0.05, 0.1) is 16.6 Å². The summed E-state index contributed by atoms with van der Waals surface area (Å²) in [6.07, 6.45) is 2.02. The Kier molecular flexibility index (Phi) is 11.2. The normalized spacial score (nSPS) is 12.9. The van der Waals surface area contributed by atoms with E-state index in [1.807, 2.05) is 26.0 Å². The summed E-state index contributed by atoms with van der Waals surface area (Å²) in [6.45, 7) is 5.37. The standard InChI is InChI=1S/C22H20ClFN4O3.C2H6.CH4S/c23-13-20(29)27-7-9-28(10-8-27)22(31)17-11-14(5-6-18(17)24)12-19-15-3-1-2-4-16(15)21(30)26-25-19;2*1-2/h1-6,11H,7-10,12-13H2,(H,26,30);1-2H3;2H,1H3. The number of nitrogens with one attached hydrogen (secondary N) is 1. The molecule has 0 aliphatic carbocycles. The highest BCUT2D eigenvalue weighted by Crippen LogP contribution is 2.20. The summed E-state index contributed by atoms with van der Waals surface area (Å²) in [5.41, 5.74) is 1.03. The molecule has 35 heavy (non-hydrogen) atoms. The number of nitrogens with zero attached hydrogens (tertiary/aromatic N) is 3. The van der Waals surface area contributed by atoms with Crippen molar-refractivity contribution >= 4 is 46.8 Å². The molecule has 1 saturated heterocycles. The van der Waals surface area contributed by atoms with Gasteiger partial charge in [-0.25, -0.2) is 9.49 Å². The number of aromatic nitrogens is 2. The van der Waals surface area contributed by atoms with Crippen molar-refractivity contribution in [2.24, 2.45) is 0 Å². The SMILES string of the molecule is CC.CS.O=C(CCl)N1CCN(C(=O)c2cc(Cc3n[nH]c(=O)c4ccccc34)ccc2F)CC1. The monoisotopic (exact) mass is 520 g/mol. The number of hydrogen-bond acceptors (Lipinski definition) is 5. The quantitative estimate of drug-likeness (QED) is 0.405. The molecule has 0 unspecified atom stereocenters. The highest BCUT2D eigenvalue weighted by atomic mass is 35.5. The van der Waals surface area contributed by atoms with E-state index in [0.717, 1.165) is 0 Å². The van der Waals surface area contributed by atoms with Crippen molar-refractivity contribution in [1.29, 1.82) is 0 Å². The minimum absolute atomic E-state index is 0.0247. The number of carbonyl (C=O) groups excluding carboxylic acids is 2. The van der Waals surface area contributed by atoms with Crippen LogP contribution in [0.2, 0.25) is 0 Å². The molecule has 2 aromatic carbocycles. The lowest BCUT2D eigenvalue weighted by Crippen LogP contribution is -2.51. The second kappa shape index (κ2) is 13.8. The van der Waals surface area contributed by atoms with Crippen LogP contribution in [0.15, 0.2) is 47.3 Å². The maximum Gasteiger partial charge on any atom is 0.272 e. The predicted octanol–water partition coefficient (Wildman–Crippen LogP) is 3.75. The number of halogens is 2. The molecule has 1 aliphatic rings. The number of aromatic amines is 1. The molecule has 2 amide bonds. The molecule has 10 heteroatoms. The van der Waals surface area contributed by atoms with Crippen molar-refractivity contribution in [2.45, 2.75) is 20.3 Å². The maximum atomic E-state index is 14.5. The molecule has 1 N–H and O–H groups in total. The Morgan fingerprint density at radius 1 is 1.03 bits per heavy atom. The van der Waals surface area contributed by atoms with E-state index in [-0.39, 0.29) is 22.9 Å². The molecule has 7 nitrogen and oxygen atoms in total. The fourth-order valence-corrected chi connectivity index (χ4v) is 3.93. The summed E-state index contributed by atoms with van der Waals surface area (Å²) in [5.74, 6) is -1.30.